The van der Waals surface area contributed by atoms with Gasteiger partial charge < -0.3 is 11.1 Å². The third kappa shape index (κ3) is 4.27. The van der Waals surface area contributed by atoms with E-state index in [1.165, 1.54) is 11.3 Å². The summed E-state index contributed by atoms with van der Waals surface area (Å²) >= 11 is 7.25. The molecule has 4 nitrogen and oxygen atoms in total. The molecular formula is C15H18ClN3OS. The molecule has 0 aliphatic rings. The summed E-state index contributed by atoms with van der Waals surface area (Å²) in [5, 5.41) is 4.32. The van der Waals surface area contributed by atoms with Crippen molar-refractivity contribution < 1.29 is 4.79 Å². The Bertz CT molecular complexity index is 644. The number of carbonyl (C=O) groups excluding carboxylic acids is 1. The van der Waals surface area contributed by atoms with Crippen molar-refractivity contribution in [1.82, 2.24) is 10.3 Å². The zero-order chi connectivity index (χ0) is 15.6. The highest BCUT2D eigenvalue weighted by Gasteiger charge is 2.18. The van der Waals surface area contributed by atoms with Crippen molar-refractivity contribution in [3.63, 3.8) is 0 Å². The van der Waals surface area contributed by atoms with Crippen molar-refractivity contribution in [2.45, 2.75) is 26.3 Å². The summed E-state index contributed by atoms with van der Waals surface area (Å²) in [6, 6.07) is 7.41. The normalized spacial score (nSPS) is 11.5. The molecule has 3 N–H and O–H groups in total. The first kappa shape index (κ1) is 15.9. The smallest absolute Gasteiger partial charge is 0.263 e. The number of aromatic nitrogens is 1. The average Bonchev–Trinajstić information content (AvgIpc) is 2.78. The molecule has 0 atom stereocenters. The molecule has 1 aromatic carbocycles. The number of nitrogens with two attached hydrogens (primary N) is 1. The minimum atomic E-state index is -0.437. The van der Waals surface area contributed by atoms with Crippen LogP contribution in [0.5, 0.6) is 0 Å². The number of halogens is 1. The fraction of sp³-hybridized carbons (Fsp3) is 0.333. The average molecular weight is 324 g/mol. The number of hydrogen-bond donors (Lipinski definition) is 2. The van der Waals surface area contributed by atoms with Crippen LogP contribution in [0.3, 0.4) is 0 Å². The number of nitrogens with zero attached hydrogens (tertiary/aromatic N) is 1. The van der Waals surface area contributed by atoms with E-state index in [0.29, 0.717) is 16.4 Å². The highest BCUT2D eigenvalue weighted by atomic mass is 35.5. The van der Waals surface area contributed by atoms with Crippen molar-refractivity contribution >= 4 is 28.8 Å². The Labute approximate surface area is 133 Å². The Morgan fingerprint density at radius 1 is 1.38 bits per heavy atom. The molecule has 0 saturated carbocycles. The zero-order valence-corrected chi connectivity index (χ0v) is 13.8. The number of thiazole rings is 1. The first-order valence-corrected chi connectivity index (χ1v) is 7.76. The van der Waals surface area contributed by atoms with Crippen LogP contribution in [0, 0.1) is 6.92 Å². The van der Waals surface area contributed by atoms with Crippen LogP contribution in [0.2, 0.25) is 5.02 Å². The second-order valence-electron chi connectivity index (χ2n) is 5.61. The second-order valence-corrected chi connectivity index (χ2v) is 7.05. The molecule has 112 valence electrons. The standard InChI is InChI=1S/C15H18ClN3OS/c1-9-12(13(20)18-8-15(2,3)17)21-14(19-9)10-4-6-11(16)7-5-10/h4-7H,8,17H2,1-3H3,(H,18,20). The van der Waals surface area contributed by atoms with Crippen LogP contribution in [0.25, 0.3) is 10.6 Å². The summed E-state index contributed by atoms with van der Waals surface area (Å²) in [5.74, 6) is -0.135. The number of nitrogens with one attached hydrogen (secondary N) is 1. The van der Waals surface area contributed by atoms with Crippen molar-refractivity contribution in [3.8, 4) is 10.6 Å². The van der Waals surface area contributed by atoms with Gasteiger partial charge in [-0.15, -0.1) is 11.3 Å². The lowest BCUT2D eigenvalue weighted by molar-refractivity contribution is 0.0949. The van der Waals surface area contributed by atoms with Gasteiger partial charge in [0.2, 0.25) is 0 Å². The third-order valence-electron chi connectivity index (χ3n) is 2.80. The largest absolute Gasteiger partial charge is 0.349 e. The molecule has 2 rings (SSSR count). The number of aryl methyl sites for hydroxylation is 1. The van der Waals surface area contributed by atoms with Gasteiger partial charge >= 0.3 is 0 Å². The lowest BCUT2D eigenvalue weighted by Gasteiger charge is -2.18. The van der Waals surface area contributed by atoms with Gasteiger partial charge in [-0.1, -0.05) is 23.7 Å². The molecule has 2 aromatic rings. The Kier molecular flexibility index (Phi) is 4.66. The molecule has 1 heterocycles. The Morgan fingerprint density at radius 2 is 2.00 bits per heavy atom. The number of rotatable bonds is 4. The van der Waals surface area contributed by atoms with Crippen LogP contribution in [0.15, 0.2) is 24.3 Å². The molecule has 0 spiro atoms. The third-order valence-corrected chi connectivity index (χ3v) is 4.26. The predicted octanol–water partition coefficient (Wildman–Crippen LogP) is 3.24. The van der Waals surface area contributed by atoms with Gasteiger partial charge in [-0.3, -0.25) is 4.79 Å². The molecule has 0 aliphatic heterocycles. The van der Waals surface area contributed by atoms with E-state index in [1.54, 1.807) is 0 Å². The topological polar surface area (TPSA) is 68.0 Å². The first-order valence-electron chi connectivity index (χ1n) is 6.57. The van der Waals surface area contributed by atoms with E-state index in [2.05, 4.69) is 10.3 Å². The van der Waals surface area contributed by atoms with E-state index in [-0.39, 0.29) is 5.91 Å². The number of benzene rings is 1. The van der Waals surface area contributed by atoms with Crippen molar-refractivity contribution in [1.29, 1.82) is 0 Å². The van der Waals surface area contributed by atoms with Crippen LogP contribution in [-0.4, -0.2) is 23.0 Å². The molecular weight excluding hydrogens is 306 g/mol. The summed E-state index contributed by atoms with van der Waals surface area (Å²) in [6.45, 7) is 5.98. The maximum atomic E-state index is 12.2. The highest BCUT2D eigenvalue weighted by Crippen LogP contribution is 2.28. The van der Waals surface area contributed by atoms with Gasteiger partial charge in [-0.05, 0) is 32.9 Å². The van der Waals surface area contributed by atoms with Gasteiger partial charge in [-0.25, -0.2) is 4.98 Å². The van der Waals surface area contributed by atoms with Crippen LogP contribution in [0.1, 0.15) is 29.2 Å². The van der Waals surface area contributed by atoms with Gasteiger partial charge in [0, 0.05) is 22.7 Å². The number of carbonyl (C=O) groups is 1. The molecule has 1 amide bonds. The van der Waals surface area contributed by atoms with Gasteiger partial charge in [-0.2, -0.15) is 0 Å². The lowest BCUT2D eigenvalue weighted by atomic mass is 10.1. The van der Waals surface area contributed by atoms with E-state index in [0.717, 1.165) is 16.3 Å². The Balaban J connectivity index is 2.19. The van der Waals surface area contributed by atoms with Gasteiger partial charge in [0.25, 0.3) is 5.91 Å². The van der Waals surface area contributed by atoms with Crippen LogP contribution in [0.4, 0.5) is 0 Å². The molecule has 21 heavy (non-hydrogen) atoms. The van der Waals surface area contributed by atoms with E-state index in [9.17, 15) is 4.79 Å². The van der Waals surface area contributed by atoms with Crippen molar-refractivity contribution in [3.05, 3.63) is 39.9 Å². The maximum Gasteiger partial charge on any atom is 0.263 e. The molecule has 1 aromatic heterocycles. The quantitative estimate of drug-likeness (QED) is 0.907. The molecule has 0 bridgehead atoms. The maximum absolute atomic E-state index is 12.2. The Hall–Kier alpha value is -1.43. The predicted molar refractivity (Wildman–Crippen MR) is 87.9 cm³/mol. The highest BCUT2D eigenvalue weighted by molar-refractivity contribution is 7.17. The number of amides is 1. The fourth-order valence-electron chi connectivity index (χ4n) is 1.71. The monoisotopic (exact) mass is 323 g/mol. The lowest BCUT2D eigenvalue weighted by Crippen LogP contribution is -2.45. The van der Waals surface area contributed by atoms with Crippen LogP contribution >= 0.6 is 22.9 Å². The minimum absolute atomic E-state index is 0.135. The molecule has 0 aliphatic carbocycles. The van der Waals surface area contributed by atoms with Gasteiger partial charge in [0.1, 0.15) is 9.88 Å². The van der Waals surface area contributed by atoms with Gasteiger partial charge in [0.15, 0.2) is 0 Å². The van der Waals surface area contributed by atoms with E-state index in [4.69, 9.17) is 17.3 Å². The molecule has 0 saturated heterocycles. The zero-order valence-electron chi connectivity index (χ0n) is 12.2. The molecule has 0 unspecified atom stereocenters. The second kappa shape index (κ2) is 6.13. The fourth-order valence-corrected chi connectivity index (χ4v) is 2.83. The minimum Gasteiger partial charge on any atom is -0.349 e. The van der Waals surface area contributed by atoms with E-state index >= 15 is 0 Å². The summed E-state index contributed by atoms with van der Waals surface area (Å²) in [4.78, 5) is 17.3. The van der Waals surface area contributed by atoms with Crippen molar-refractivity contribution in [2.24, 2.45) is 5.73 Å². The molecule has 0 fully saturated rings. The molecule has 6 heteroatoms. The summed E-state index contributed by atoms with van der Waals surface area (Å²) in [5.41, 5.74) is 7.10. The number of hydrogen-bond acceptors (Lipinski definition) is 4. The van der Waals surface area contributed by atoms with E-state index in [1.807, 2.05) is 45.0 Å². The van der Waals surface area contributed by atoms with Crippen LogP contribution in [-0.2, 0) is 0 Å². The SMILES string of the molecule is Cc1nc(-c2ccc(Cl)cc2)sc1C(=O)NCC(C)(C)N. The van der Waals surface area contributed by atoms with Gasteiger partial charge in [0.05, 0.1) is 5.69 Å². The van der Waals surface area contributed by atoms with E-state index < -0.39 is 5.54 Å². The Morgan fingerprint density at radius 3 is 2.57 bits per heavy atom. The summed E-state index contributed by atoms with van der Waals surface area (Å²) < 4.78 is 0. The van der Waals surface area contributed by atoms with Crippen LogP contribution < -0.4 is 11.1 Å². The first-order chi connectivity index (χ1) is 9.76. The summed E-state index contributed by atoms with van der Waals surface area (Å²) in [6.07, 6.45) is 0. The summed E-state index contributed by atoms with van der Waals surface area (Å²) in [7, 11) is 0. The van der Waals surface area contributed by atoms with Crippen molar-refractivity contribution in [2.75, 3.05) is 6.54 Å². The molecule has 0 radical (unpaired) electrons.